The van der Waals surface area contributed by atoms with Crippen molar-refractivity contribution in [2.75, 3.05) is 13.7 Å². The molecule has 2 N–H and O–H groups in total. The third-order valence-corrected chi connectivity index (χ3v) is 4.83. The number of amides is 2. The number of esters is 1. The van der Waals surface area contributed by atoms with Gasteiger partial charge in [-0.15, -0.1) is 0 Å². The Morgan fingerprint density at radius 2 is 2.27 bits per heavy atom. The summed E-state index contributed by atoms with van der Waals surface area (Å²) in [6, 6.07) is 2.56. The van der Waals surface area contributed by atoms with Gasteiger partial charge in [-0.3, -0.25) is 0 Å². The Hall–Kier alpha value is -2.42. The van der Waals surface area contributed by atoms with E-state index in [1.165, 1.54) is 31.3 Å². The van der Waals surface area contributed by atoms with Crippen LogP contribution in [0, 0.1) is 5.82 Å². The van der Waals surface area contributed by atoms with Crippen molar-refractivity contribution in [2.24, 2.45) is 0 Å². The van der Waals surface area contributed by atoms with Gasteiger partial charge < -0.3 is 19.9 Å². The predicted octanol–water partition coefficient (Wildman–Crippen LogP) is 2.53. The molecule has 9 heteroatoms. The molecule has 0 saturated heterocycles. The zero-order chi connectivity index (χ0) is 18.8. The molecule has 0 radical (unpaired) electrons. The van der Waals surface area contributed by atoms with Crippen LogP contribution in [-0.2, 0) is 16.0 Å². The highest BCUT2D eigenvalue weighted by Crippen LogP contribution is 2.35. The normalized spacial score (nSPS) is 17.4. The van der Waals surface area contributed by atoms with Crippen molar-refractivity contribution in [2.45, 2.75) is 25.4 Å². The fourth-order valence-electron chi connectivity index (χ4n) is 3.04. The first-order valence-corrected chi connectivity index (χ1v) is 8.83. The van der Waals surface area contributed by atoms with Crippen molar-refractivity contribution >= 4 is 27.9 Å². The highest BCUT2D eigenvalue weighted by atomic mass is 79.9. The topological polar surface area (TPSA) is 87.3 Å². The van der Waals surface area contributed by atoms with Gasteiger partial charge in [0.15, 0.2) is 0 Å². The van der Waals surface area contributed by atoms with Crippen molar-refractivity contribution in [3.05, 3.63) is 51.8 Å². The molecule has 1 aliphatic heterocycles. The number of hydrogen-bond acceptors (Lipinski definition) is 4. The number of urea groups is 1. The molecule has 26 heavy (non-hydrogen) atoms. The van der Waals surface area contributed by atoms with Crippen molar-refractivity contribution in [3.63, 3.8) is 0 Å². The van der Waals surface area contributed by atoms with Crippen LogP contribution in [0.15, 0.2) is 29.0 Å². The van der Waals surface area contributed by atoms with Crippen LogP contribution < -0.4 is 5.32 Å². The Bertz CT molecular complexity index is 841. The number of imidazole rings is 1. The van der Waals surface area contributed by atoms with Crippen molar-refractivity contribution in [1.82, 2.24) is 20.2 Å². The summed E-state index contributed by atoms with van der Waals surface area (Å²) in [4.78, 5) is 33.2. The number of carbonyl (C=O) groups is 2. The number of ether oxygens (including phenoxy) is 1. The SMILES string of the molecule is COC(=O)[C@H](C)NC(=O)N1CCc2[nH]cnc2[C@@H]1c1cc(Br)ccc1F. The minimum atomic E-state index is -0.818. The summed E-state index contributed by atoms with van der Waals surface area (Å²) in [5.41, 5.74) is 1.78. The summed E-state index contributed by atoms with van der Waals surface area (Å²) in [6.45, 7) is 1.88. The van der Waals surface area contributed by atoms with Crippen LogP contribution in [0.1, 0.15) is 29.9 Å². The van der Waals surface area contributed by atoms with E-state index in [2.05, 4.69) is 36.0 Å². The molecule has 1 aliphatic rings. The van der Waals surface area contributed by atoms with E-state index in [4.69, 9.17) is 0 Å². The number of halogens is 2. The number of H-pyrrole nitrogens is 1. The van der Waals surface area contributed by atoms with E-state index in [0.717, 1.165) is 5.69 Å². The van der Waals surface area contributed by atoms with Gasteiger partial charge in [-0.05, 0) is 25.1 Å². The molecular weight excluding hydrogens is 407 g/mol. The van der Waals surface area contributed by atoms with Gasteiger partial charge in [0.05, 0.1) is 19.1 Å². The number of aromatic nitrogens is 2. The van der Waals surface area contributed by atoms with Crippen molar-refractivity contribution in [3.8, 4) is 0 Å². The van der Waals surface area contributed by atoms with Gasteiger partial charge in [0.1, 0.15) is 17.9 Å². The van der Waals surface area contributed by atoms with Crippen LogP contribution in [-0.4, -0.2) is 46.6 Å². The van der Waals surface area contributed by atoms with Gasteiger partial charge in [-0.1, -0.05) is 15.9 Å². The highest BCUT2D eigenvalue weighted by molar-refractivity contribution is 9.10. The molecule has 2 atom stereocenters. The molecule has 3 rings (SSSR count). The first-order valence-electron chi connectivity index (χ1n) is 8.04. The Balaban J connectivity index is 1.97. The molecule has 0 unspecified atom stereocenters. The lowest BCUT2D eigenvalue weighted by molar-refractivity contribution is -0.142. The third-order valence-electron chi connectivity index (χ3n) is 4.33. The summed E-state index contributed by atoms with van der Waals surface area (Å²) in [5.74, 6) is -0.992. The number of rotatable bonds is 3. The van der Waals surface area contributed by atoms with E-state index in [9.17, 15) is 14.0 Å². The van der Waals surface area contributed by atoms with Crippen LogP contribution >= 0.6 is 15.9 Å². The van der Waals surface area contributed by atoms with Gasteiger partial charge >= 0.3 is 12.0 Å². The van der Waals surface area contributed by atoms with E-state index in [1.54, 1.807) is 12.1 Å². The summed E-state index contributed by atoms with van der Waals surface area (Å²) in [6.07, 6.45) is 2.09. The third kappa shape index (κ3) is 3.44. The second kappa shape index (κ2) is 7.45. The zero-order valence-electron chi connectivity index (χ0n) is 14.3. The zero-order valence-corrected chi connectivity index (χ0v) is 15.8. The Morgan fingerprint density at radius 1 is 1.50 bits per heavy atom. The fourth-order valence-corrected chi connectivity index (χ4v) is 3.42. The van der Waals surface area contributed by atoms with Crippen LogP contribution in [0.5, 0.6) is 0 Å². The number of aromatic amines is 1. The molecule has 0 aliphatic carbocycles. The molecule has 7 nitrogen and oxygen atoms in total. The van der Waals surface area contributed by atoms with Gasteiger partial charge in [0, 0.05) is 28.7 Å². The second-order valence-corrected chi connectivity index (χ2v) is 6.89. The number of nitrogens with one attached hydrogen (secondary N) is 2. The largest absolute Gasteiger partial charge is 0.467 e. The minimum absolute atomic E-state index is 0.327. The van der Waals surface area contributed by atoms with Gasteiger partial charge in [0.25, 0.3) is 0 Å². The van der Waals surface area contributed by atoms with E-state index >= 15 is 0 Å². The smallest absolute Gasteiger partial charge is 0.328 e. The molecule has 0 bridgehead atoms. The number of fused-ring (bicyclic) bond motifs is 1. The highest BCUT2D eigenvalue weighted by Gasteiger charge is 2.36. The minimum Gasteiger partial charge on any atom is -0.467 e. The van der Waals surface area contributed by atoms with Crippen LogP contribution in [0.3, 0.4) is 0 Å². The maximum absolute atomic E-state index is 14.5. The van der Waals surface area contributed by atoms with E-state index in [1.807, 2.05) is 0 Å². The maximum Gasteiger partial charge on any atom is 0.328 e. The van der Waals surface area contributed by atoms with Gasteiger partial charge in [-0.2, -0.15) is 0 Å². The molecule has 1 aromatic heterocycles. The van der Waals surface area contributed by atoms with E-state index < -0.39 is 29.9 Å². The summed E-state index contributed by atoms with van der Waals surface area (Å²) in [5, 5.41) is 2.60. The van der Waals surface area contributed by atoms with Gasteiger partial charge in [0.2, 0.25) is 0 Å². The van der Waals surface area contributed by atoms with Crippen molar-refractivity contribution in [1.29, 1.82) is 0 Å². The summed E-state index contributed by atoms with van der Waals surface area (Å²) >= 11 is 3.34. The summed E-state index contributed by atoms with van der Waals surface area (Å²) in [7, 11) is 1.25. The van der Waals surface area contributed by atoms with E-state index in [-0.39, 0.29) is 0 Å². The molecule has 0 spiro atoms. The summed E-state index contributed by atoms with van der Waals surface area (Å²) < 4.78 is 19.9. The average molecular weight is 425 g/mol. The average Bonchev–Trinajstić information content (AvgIpc) is 3.10. The molecule has 1 aromatic carbocycles. The lowest BCUT2D eigenvalue weighted by atomic mass is 9.95. The first-order chi connectivity index (χ1) is 12.4. The lowest BCUT2D eigenvalue weighted by Gasteiger charge is -2.36. The Morgan fingerprint density at radius 3 is 3.00 bits per heavy atom. The quantitative estimate of drug-likeness (QED) is 0.741. The molecule has 2 heterocycles. The number of nitrogens with zero attached hydrogens (tertiary/aromatic N) is 2. The molecule has 138 valence electrons. The fraction of sp³-hybridized carbons (Fsp3) is 0.353. The van der Waals surface area contributed by atoms with Crippen LogP contribution in [0.25, 0.3) is 0 Å². The first kappa shape index (κ1) is 18.4. The standard InChI is InChI=1S/C17H18BrFN4O3/c1-9(16(24)26-2)22-17(25)23-6-5-13-14(21-8-20-13)15(23)11-7-10(18)3-4-12(11)19/h3-4,7-9,15H,5-6H2,1-2H3,(H,20,21)(H,22,25)/t9-,15-/m0/s1. The molecule has 0 saturated carbocycles. The monoisotopic (exact) mass is 424 g/mol. The number of hydrogen-bond donors (Lipinski definition) is 2. The van der Waals surface area contributed by atoms with Crippen LogP contribution in [0.2, 0.25) is 0 Å². The maximum atomic E-state index is 14.5. The molecule has 0 fully saturated rings. The second-order valence-electron chi connectivity index (χ2n) is 5.97. The van der Waals surface area contributed by atoms with Crippen LogP contribution in [0.4, 0.5) is 9.18 Å². The Labute approximate surface area is 158 Å². The lowest BCUT2D eigenvalue weighted by Crippen LogP contribution is -2.50. The Kier molecular flexibility index (Phi) is 5.26. The van der Waals surface area contributed by atoms with E-state index in [0.29, 0.717) is 28.7 Å². The number of carbonyl (C=O) groups excluding carboxylic acids is 2. The number of methoxy groups -OCH3 is 1. The predicted molar refractivity (Wildman–Crippen MR) is 95.0 cm³/mol. The number of benzene rings is 1. The molecular formula is C17H18BrFN4O3. The van der Waals surface area contributed by atoms with Gasteiger partial charge in [-0.25, -0.2) is 19.0 Å². The molecule has 2 amide bonds. The van der Waals surface area contributed by atoms with Crippen molar-refractivity contribution < 1.29 is 18.7 Å². The molecule has 2 aromatic rings.